The van der Waals surface area contributed by atoms with Gasteiger partial charge in [0, 0.05) is 25.5 Å². The van der Waals surface area contributed by atoms with Gasteiger partial charge < -0.3 is 10.0 Å². The second-order valence-electron chi connectivity index (χ2n) is 5.78. The lowest BCUT2D eigenvalue weighted by atomic mass is 9.98. The molecule has 1 fully saturated rings. The minimum absolute atomic E-state index is 0.0465. The van der Waals surface area contributed by atoms with E-state index in [9.17, 15) is 9.59 Å². The molecule has 0 aliphatic carbocycles. The summed E-state index contributed by atoms with van der Waals surface area (Å²) in [5.41, 5.74) is 1.74. The number of carboxylic acids is 1. The number of carbonyl (C=O) groups is 2. The van der Waals surface area contributed by atoms with E-state index in [1.165, 1.54) is 0 Å². The van der Waals surface area contributed by atoms with E-state index in [0.29, 0.717) is 19.5 Å². The zero-order valence-electron chi connectivity index (χ0n) is 12.5. The number of nitrogens with zero attached hydrogens (tertiary/aromatic N) is 3. The molecule has 0 radical (unpaired) electrons. The molecule has 3 rings (SSSR count). The highest BCUT2D eigenvalue weighted by Crippen LogP contribution is 2.21. The molecule has 1 aromatic carbocycles. The first-order chi connectivity index (χ1) is 10.6. The Balaban J connectivity index is 1.77. The molecule has 1 atom stereocenters. The summed E-state index contributed by atoms with van der Waals surface area (Å²) in [5, 5.41) is 14.5. The number of carbonyl (C=O) groups excluding carboxylic acids is 1. The molecule has 1 aliphatic rings. The molecule has 0 bridgehead atoms. The number of para-hydroxylation sites is 1. The zero-order chi connectivity index (χ0) is 15.7. The van der Waals surface area contributed by atoms with Crippen LogP contribution >= 0.6 is 0 Å². The van der Waals surface area contributed by atoms with E-state index in [2.05, 4.69) is 5.10 Å². The number of amides is 1. The normalized spacial score (nSPS) is 18.6. The fourth-order valence-corrected chi connectivity index (χ4v) is 3.08. The van der Waals surface area contributed by atoms with E-state index in [1.54, 1.807) is 9.58 Å². The van der Waals surface area contributed by atoms with Crippen molar-refractivity contribution in [3.05, 3.63) is 30.0 Å². The summed E-state index contributed by atoms with van der Waals surface area (Å²) in [6.45, 7) is 0.937. The van der Waals surface area contributed by atoms with Crippen LogP contribution in [-0.4, -0.2) is 44.8 Å². The summed E-state index contributed by atoms with van der Waals surface area (Å²) in [5.74, 6) is -1.31. The van der Waals surface area contributed by atoms with Crippen molar-refractivity contribution in [2.24, 2.45) is 13.0 Å². The molecule has 0 spiro atoms. The molecule has 1 N–H and O–H groups in total. The van der Waals surface area contributed by atoms with Gasteiger partial charge in [-0.2, -0.15) is 5.10 Å². The number of aliphatic carboxylic acids is 1. The van der Waals surface area contributed by atoms with Gasteiger partial charge in [-0.1, -0.05) is 18.2 Å². The number of piperidine rings is 1. The molecule has 1 aromatic heterocycles. The molecule has 1 aliphatic heterocycles. The van der Waals surface area contributed by atoms with Crippen molar-refractivity contribution in [3.63, 3.8) is 0 Å². The number of hydrogen-bond acceptors (Lipinski definition) is 3. The van der Waals surface area contributed by atoms with Gasteiger partial charge in [0.15, 0.2) is 0 Å². The summed E-state index contributed by atoms with van der Waals surface area (Å²) in [6.07, 6.45) is 1.60. The van der Waals surface area contributed by atoms with Crippen molar-refractivity contribution in [1.29, 1.82) is 0 Å². The maximum atomic E-state index is 12.5. The van der Waals surface area contributed by atoms with Crippen LogP contribution in [0.5, 0.6) is 0 Å². The summed E-state index contributed by atoms with van der Waals surface area (Å²) >= 11 is 0. The average Bonchev–Trinajstić information content (AvgIpc) is 2.84. The Bertz CT molecular complexity index is 722. The summed E-state index contributed by atoms with van der Waals surface area (Å²) < 4.78 is 1.77. The van der Waals surface area contributed by atoms with E-state index >= 15 is 0 Å². The highest BCUT2D eigenvalue weighted by Gasteiger charge is 2.28. The second-order valence-corrected chi connectivity index (χ2v) is 5.78. The van der Waals surface area contributed by atoms with Crippen LogP contribution in [0.2, 0.25) is 0 Å². The molecule has 2 aromatic rings. The number of fused-ring (bicyclic) bond motifs is 1. The lowest BCUT2D eigenvalue weighted by Crippen LogP contribution is -2.43. The van der Waals surface area contributed by atoms with Crippen molar-refractivity contribution in [3.8, 4) is 0 Å². The van der Waals surface area contributed by atoms with Crippen LogP contribution in [0.15, 0.2) is 24.3 Å². The number of aryl methyl sites for hydroxylation is 1. The van der Waals surface area contributed by atoms with Gasteiger partial charge in [-0.05, 0) is 18.9 Å². The van der Waals surface area contributed by atoms with E-state index in [0.717, 1.165) is 23.0 Å². The Morgan fingerprint density at radius 1 is 1.36 bits per heavy atom. The van der Waals surface area contributed by atoms with Crippen LogP contribution < -0.4 is 0 Å². The molecule has 1 amide bonds. The van der Waals surface area contributed by atoms with Gasteiger partial charge >= 0.3 is 5.97 Å². The van der Waals surface area contributed by atoms with Gasteiger partial charge in [0.05, 0.1) is 23.5 Å². The number of rotatable bonds is 3. The van der Waals surface area contributed by atoms with Gasteiger partial charge in [-0.3, -0.25) is 14.3 Å². The monoisotopic (exact) mass is 301 g/mol. The highest BCUT2D eigenvalue weighted by atomic mass is 16.4. The molecule has 0 saturated carbocycles. The van der Waals surface area contributed by atoms with Gasteiger partial charge in [0.1, 0.15) is 0 Å². The number of aromatic nitrogens is 2. The third-order valence-electron chi connectivity index (χ3n) is 4.28. The first kappa shape index (κ1) is 14.6. The van der Waals surface area contributed by atoms with E-state index < -0.39 is 11.9 Å². The number of likely N-dealkylation sites (tertiary alicyclic amines) is 1. The summed E-state index contributed by atoms with van der Waals surface area (Å²) in [7, 11) is 1.86. The quantitative estimate of drug-likeness (QED) is 0.931. The lowest BCUT2D eigenvalue weighted by molar-refractivity contribution is -0.145. The van der Waals surface area contributed by atoms with Crippen molar-refractivity contribution < 1.29 is 14.7 Å². The lowest BCUT2D eigenvalue weighted by Gasteiger charge is -2.30. The first-order valence-corrected chi connectivity index (χ1v) is 7.47. The molecular formula is C16H19N3O3. The SMILES string of the molecule is Cn1nc(CC(=O)N2CCCC(C(=O)O)C2)c2ccccc21. The second kappa shape index (κ2) is 5.79. The van der Waals surface area contributed by atoms with Crippen molar-refractivity contribution in [2.75, 3.05) is 13.1 Å². The fraction of sp³-hybridized carbons (Fsp3) is 0.438. The molecule has 22 heavy (non-hydrogen) atoms. The van der Waals surface area contributed by atoms with Gasteiger partial charge in [-0.15, -0.1) is 0 Å². The Morgan fingerprint density at radius 2 is 2.14 bits per heavy atom. The molecule has 6 nitrogen and oxygen atoms in total. The maximum absolute atomic E-state index is 12.5. The standard InChI is InChI=1S/C16H19N3O3/c1-18-14-7-3-2-6-12(14)13(17-18)9-15(20)19-8-4-5-11(10-19)16(21)22/h2-3,6-7,11H,4-5,8-10H2,1H3,(H,21,22). The summed E-state index contributed by atoms with van der Waals surface area (Å²) in [4.78, 5) is 25.2. The smallest absolute Gasteiger partial charge is 0.308 e. The third kappa shape index (κ3) is 2.68. The van der Waals surface area contributed by atoms with Crippen LogP contribution in [0.1, 0.15) is 18.5 Å². The van der Waals surface area contributed by atoms with Gasteiger partial charge in [0.2, 0.25) is 5.91 Å². The van der Waals surface area contributed by atoms with Crippen LogP contribution in [-0.2, 0) is 23.1 Å². The highest BCUT2D eigenvalue weighted by molar-refractivity contribution is 5.88. The van der Waals surface area contributed by atoms with E-state index in [1.807, 2.05) is 31.3 Å². The minimum atomic E-state index is -0.819. The topological polar surface area (TPSA) is 75.4 Å². The predicted molar refractivity (Wildman–Crippen MR) is 81.4 cm³/mol. The molecule has 1 saturated heterocycles. The van der Waals surface area contributed by atoms with Crippen molar-refractivity contribution in [2.45, 2.75) is 19.3 Å². The molecule has 116 valence electrons. The first-order valence-electron chi connectivity index (χ1n) is 7.47. The van der Waals surface area contributed by atoms with Gasteiger partial charge in [0.25, 0.3) is 0 Å². The van der Waals surface area contributed by atoms with Crippen molar-refractivity contribution in [1.82, 2.24) is 14.7 Å². The van der Waals surface area contributed by atoms with Crippen LogP contribution in [0.4, 0.5) is 0 Å². The molecular weight excluding hydrogens is 282 g/mol. The summed E-state index contributed by atoms with van der Waals surface area (Å²) in [6, 6.07) is 7.80. The number of benzene rings is 1. The van der Waals surface area contributed by atoms with Gasteiger partial charge in [-0.25, -0.2) is 0 Å². The van der Waals surface area contributed by atoms with Crippen LogP contribution in [0.25, 0.3) is 10.9 Å². The van der Waals surface area contributed by atoms with E-state index in [4.69, 9.17) is 5.11 Å². The van der Waals surface area contributed by atoms with Crippen molar-refractivity contribution >= 4 is 22.8 Å². The largest absolute Gasteiger partial charge is 0.481 e. The van der Waals surface area contributed by atoms with E-state index in [-0.39, 0.29) is 12.3 Å². The fourth-order valence-electron chi connectivity index (χ4n) is 3.08. The van der Waals surface area contributed by atoms with Crippen LogP contribution in [0.3, 0.4) is 0 Å². The molecule has 6 heteroatoms. The average molecular weight is 301 g/mol. The zero-order valence-corrected chi connectivity index (χ0v) is 12.5. The Kier molecular flexibility index (Phi) is 3.83. The Labute approximate surface area is 128 Å². The predicted octanol–water partition coefficient (Wildman–Crippen LogP) is 1.44. The Hall–Kier alpha value is -2.37. The maximum Gasteiger partial charge on any atom is 0.308 e. The molecule has 1 unspecified atom stereocenters. The third-order valence-corrected chi connectivity index (χ3v) is 4.28. The minimum Gasteiger partial charge on any atom is -0.481 e. The van der Waals surface area contributed by atoms with Crippen LogP contribution in [0, 0.1) is 5.92 Å². The Morgan fingerprint density at radius 3 is 2.91 bits per heavy atom. The number of hydrogen-bond donors (Lipinski definition) is 1. The number of carboxylic acid groups (broad SMARTS) is 1. The molecule has 2 heterocycles.